The van der Waals surface area contributed by atoms with Gasteiger partial charge in [0.2, 0.25) is 11.7 Å². The third-order valence-corrected chi connectivity index (χ3v) is 11.8. The van der Waals surface area contributed by atoms with E-state index >= 15 is 4.39 Å². The lowest BCUT2D eigenvalue weighted by molar-refractivity contribution is -0.757. The predicted octanol–water partition coefficient (Wildman–Crippen LogP) is 2.94. The Morgan fingerprint density at radius 1 is 1.20 bits per heavy atom. The number of carboxylic acids is 1. The fourth-order valence-electron chi connectivity index (χ4n) is 9.66. The molecule has 16 heteroatoms. The van der Waals surface area contributed by atoms with Crippen LogP contribution in [0.25, 0.3) is 0 Å². The Labute approximate surface area is 294 Å². The van der Waals surface area contributed by atoms with Crippen molar-refractivity contribution in [1.82, 2.24) is 5.32 Å². The number of ketones is 2. The van der Waals surface area contributed by atoms with Gasteiger partial charge in [-0.1, -0.05) is 39.7 Å². The van der Waals surface area contributed by atoms with Crippen molar-refractivity contribution in [3.8, 4) is 0 Å². The zero-order chi connectivity index (χ0) is 37.3. The highest BCUT2D eigenvalue weighted by Gasteiger charge is 2.76. The first kappa shape index (κ1) is 38.5. The summed E-state index contributed by atoms with van der Waals surface area (Å²) in [5.74, 6) is -5.25. The number of halogens is 1. The summed E-state index contributed by atoms with van der Waals surface area (Å²) in [6.07, 6.45) is 2.33. The number of carbonyl (C=O) groups excluding carboxylic acids is 4. The van der Waals surface area contributed by atoms with Crippen molar-refractivity contribution in [2.24, 2.45) is 28.6 Å². The summed E-state index contributed by atoms with van der Waals surface area (Å²) < 4.78 is 34.0. The molecule has 2 unspecified atom stereocenters. The van der Waals surface area contributed by atoms with Gasteiger partial charge in [-0.2, -0.15) is 0 Å². The lowest BCUT2D eigenvalue weighted by Gasteiger charge is -2.60. The Balaban J connectivity index is 1.27. The summed E-state index contributed by atoms with van der Waals surface area (Å²) in [6.45, 7) is 4.69. The van der Waals surface area contributed by atoms with Crippen molar-refractivity contribution >= 4 is 29.4 Å². The standard InChI is InChI=1S/C35H47FN2O13/c1-4-8-30-50-27-15-21-20-14-23(36)22-13-19(39)10-11-33(22,2)31(20)25(40)17-34(21,3)35(27,51-30)26(41)18-48-29(43)16-24(32(44)45)37-28(42)9-6-5-7-12-49-38(46)47/h10-11,13,20-21,23-25,27,30-31,40H,4-9,12,14-18H2,1-3H3,(H,37,42)(H,44,45)/t20-,21-,23-,24?,25-,27+,30?,31+,33-,34-,35-/m0/s1. The molecule has 3 N–H and O–H groups in total. The number of rotatable bonds is 16. The van der Waals surface area contributed by atoms with Gasteiger partial charge in [-0.3, -0.25) is 19.2 Å². The number of Topliss-reactive ketones (excluding diaryl/α,β-unsaturated/α-hetero) is 1. The maximum atomic E-state index is 15.9. The number of aliphatic carboxylic acids is 1. The number of alkyl halides is 1. The van der Waals surface area contributed by atoms with E-state index in [1.54, 1.807) is 6.08 Å². The van der Waals surface area contributed by atoms with Crippen molar-refractivity contribution in [1.29, 1.82) is 0 Å². The molecular formula is C35H47FN2O13. The largest absolute Gasteiger partial charge is 0.480 e. The van der Waals surface area contributed by atoms with Crippen molar-refractivity contribution in [3.63, 3.8) is 0 Å². The summed E-state index contributed by atoms with van der Waals surface area (Å²) in [5, 5.41) is 33.0. The monoisotopic (exact) mass is 722 g/mol. The normalized spacial score (nSPS) is 36.8. The first-order valence-corrected chi connectivity index (χ1v) is 17.7. The fourth-order valence-corrected chi connectivity index (χ4v) is 9.66. The van der Waals surface area contributed by atoms with E-state index in [4.69, 9.17) is 14.2 Å². The molecule has 0 aromatic rings. The van der Waals surface area contributed by atoms with E-state index < -0.39 is 101 Å². The Hall–Kier alpha value is -3.76. The number of esters is 1. The van der Waals surface area contributed by atoms with Crippen LogP contribution in [0, 0.1) is 38.7 Å². The summed E-state index contributed by atoms with van der Waals surface area (Å²) in [4.78, 5) is 78.0. The van der Waals surface area contributed by atoms with Crippen molar-refractivity contribution in [3.05, 3.63) is 33.9 Å². The average Bonchev–Trinajstić information content (AvgIpc) is 3.53. The van der Waals surface area contributed by atoms with Gasteiger partial charge >= 0.3 is 11.9 Å². The molecule has 4 aliphatic carbocycles. The van der Waals surface area contributed by atoms with Crippen LogP contribution in [0.3, 0.4) is 0 Å². The highest BCUT2D eigenvalue weighted by atomic mass is 19.1. The van der Waals surface area contributed by atoms with E-state index in [1.165, 1.54) is 12.2 Å². The Kier molecular flexibility index (Phi) is 11.4. The zero-order valence-electron chi connectivity index (χ0n) is 29.0. The molecule has 0 radical (unpaired) electrons. The maximum Gasteiger partial charge on any atom is 0.326 e. The minimum atomic E-state index is -1.64. The van der Waals surface area contributed by atoms with E-state index in [2.05, 4.69) is 10.2 Å². The maximum absolute atomic E-state index is 15.9. The lowest BCUT2D eigenvalue weighted by atomic mass is 9.46. The molecule has 5 rings (SSSR count). The summed E-state index contributed by atoms with van der Waals surface area (Å²) in [7, 11) is 0. The number of aliphatic hydroxyl groups is 1. The van der Waals surface area contributed by atoms with E-state index in [-0.39, 0.29) is 37.6 Å². The van der Waals surface area contributed by atoms with Crippen LogP contribution in [0.1, 0.15) is 85.0 Å². The molecule has 5 aliphatic rings. The quantitative estimate of drug-likeness (QED) is 0.0905. The van der Waals surface area contributed by atoms with Crippen LogP contribution in [0.15, 0.2) is 23.8 Å². The molecule has 1 aliphatic heterocycles. The fraction of sp³-hybridized carbons (Fsp3) is 0.743. The van der Waals surface area contributed by atoms with Crippen LogP contribution in [0.4, 0.5) is 4.39 Å². The predicted molar refractivity (Wildman–Crippen MR) is 173 cm³/mol. The number of hydrogen-bond donors (Lipinski definition) is 3. The molecule has 1 heterocycles. The van der Waals surface area contributed by atoms with Crippen LogP contribution in [0.2, 0.25) is 0 Å². The van der Waals surface area contributed by atoms with Crippen LogP contribution in [-0.2, 0) is 43.0 Å². The number of amides is 1. The minimum Gasteiger partial charge on any atom is -0.480 e. The number of carbonyl (C=O) groups is 5. The first-order valence-electron chi connectivity index (χ1n) is 17.7. The number of unbranched alkanes of at least 4 members (excludes halogenated alkanes) is 2. The van der Waals surface area contributed by atoms with Crippen LogP contribution in [-0.4, -0.2) is 94.2 Å². The number of carboxylic acid groups (broad SMARTS) is 1. The van der Waals surface area contributed by atoms with E-state index in [9.17, 15) is 44.3 Å². The molecule has 51 heavy (non-hydrogen) atoms. The van der Waals surface area contributed by atoms with E-state index in [0.717, 1.165) is 0 Å². The average molecular weight is 723 g/mol. The van der Waals surface area contributed by atoms with Crippen molar-refractivity contribution < 1.29 is 62.7 Å². The number of nitrogens with zero attached hydrogens (tertiary/aromatic N) is 1. The molecular weight excluding hydrogens is 675 g/mol. The minimum absolute atomic E-state index is 0.0488. The Morgan fingerprint density at radius 2 is 1.94 bits per heavy atom. The third kappa shape index (κ3) is 7.18. The number of nitrogens with one attached hydrogen (secondary N) is 1. The van der Waals surface area contributed by atoms with Gasteiger partial charge in [0.1, 0.15) is 12.2 Å². The zero-order valence-corrected chi connectivity index (χ0v) is 29.0. The van der Waals surface area contributed by atoms with Gasteiger partial charge in [0.25, 0.3) is 5.09 Å². The topological polar surface area (TPSA) is 218 Å². The number of aliphatic hydroxyl groups excluding tert-OH is 1. The van der Waals surface area contributed by atoms with Gasteiger partial charge in [0.15, 0.2) is 24.3 Å². The highest BCUT2D eigenvalue weighted by molar-refractivity contribution is 6.01. The number of ether oxygens (including phenoxy) is 3. The molecule has 3 saturated carbocycles. The molecule has 282 valence electrons. The van der Waals surface area contributed by atoms with Gasteiger partial charge in [-0.15, -0.1) is 10.1 Å². The third-order valence-electron chi connectivity index (χ3n) is 11.8. The van der Waals surface area contributed by atoms with Crippen molar-refractivity contribution in [2.45, 2.75) is 121 Å². The molecule has 1 saturated heterocycles. The summed E-state index contributed by atoms with van der Waals surface area (Å²) >= 11 is 0. The number of allylic oxidation sites excluding steroid dienone is 4. The summed E-state index contributed by atoms with van der Waals surface area (Å²) in [5.41, 5.74) is -3.25. The highest BCUT2D eigenvalue weighted by Crippen LogP contribution is 2.70. The molecule has 1 amide bonds. The Morgan fingerprint density at radius 3 is 2.63 bits per heavy atom. The van der Waals surface area contributed by atoms with Crippen LogP contribution < -0.4 is 5.32 Å². The van der Waals surface area contributed by atoms with Gasteiger partial charge < -0.3 is 34.6 Å². The smallest absolute Gasteiger partial charge is 0.326 e. The molecule has 15 nitrogen and oxygen atoms in total. The number of hydrogen-bond acceptors (Lipinski definition) is 12. The molecule has 0 aromatic carbocycles. The molecule has 0 aromatic heterocycles. The second kappa shape index (κ2) is 15.1. The summed E-state index contributed by atoms with van der Waals surface area (Å²) in [6, 6.07) is -1.63. The van der Waals surface area contributed by atoms with E-state index in [1.807, 2.05) is 20.8 Å². The van der Waals surface area contributed by atoms with Crippen LogP contribution in [0.5, 0.6) is 0 Å². The van der Waals surface area contributed by atoms with Gasteiger partial charge in [0, 0.05) is 23.2 Å². The lowest BCUT2D eigenvalue weighted by Crippen LogP contribution is -2.64. The molecule has 0 bridgehead atoms. The van der Waals surface area contributed by atoms with E-state index in [0.29, 0.717) is 44.1 Å². The van der Waals surface area contributed by atoms with Gasteiger partial charge in [-0.05, 0) is 68.1 Å². The number of fused-ring (bicyclic) bond motifs is 7. The second-order valence-electron chi connectivity index (χ2n) is 14.9. The first-order chi connectivity index (χ1) is 24.1. The molecule has 4 fully saturated rings. The second-order valence-corrected chi connectivity index (χ2v) is 14.9. The van der Waals surface area contributed by atoms with Crippen LogP contribution >= 0.6 is 0 Å². The molecule has 11 atom stereocenters. The Bertz CT molecular complexity index is 1480. The molecule has 0 spiro atoms. The SMILES string of the molecule is CCCC1O[C@@H]2C[C@H]3[C@@H]4C[C@H](F)C5=CC(=O)C=C[C@]5(C)[C@H]4[C@@H](O)C[C@]3(C)[C@@]2(C(=O)COC(=O)CC(NC(=O)CCCCCO[N+](=O)[O-])C(=O)O)O1. The van der Waals surface area contributed by atoms with Gasteiger partial charge in [0.05, 0.1) is 25.2 Å². The van der Waals surface area contributed by atoms with Crippen molar-refractivity contribution in [2.75, 3.05) is 13.2 Å². The van der Waals surface area contributed by atoms with Gasteiger partial charge in [-0.25, -0.2) is 9.18 Å².